The number of ether oxygens (including phenoxy) is 3. The van der Waals surface area contributed by atoms with Crippen LogP contribution in [0.2, 0.25) is 0 Å². The summed E-state index contributed by atoms with van der Waals surface area (Å²) in [6, 6.07) is 0. The van der Waals surface area contributed by atoms with E-state index in [0.717, 1.165) is 193 Å². The summed E-state index contributed by atoms with van der Waals surface area (Å²) in [6.07, 6.45) is 96.4. The number of hydrogen-bond acceptors (Lipinski definition) is 6. The third-order valence-corrected chi connectivity index (χ3v) is 12.7. The van der Waals surface area contributed by atoms with Gasteiger partial charge in [-0.1, -0.05) is 255 Å². The van der Waals surface area contributed by atoms with Crippen LogP contribution >= 0.6 is 0 Å². The topological polar surface area (TPSA) is 78.9 Å². The van der Waals surface area contributed by atoms with Crippen LogP contribution < -0.4 is 0 Å². The summed E-state index contributed by atoms with van der Waals surface area (Å²) in [7, 11) is 0. The predicted molar refractivity (Wildman–Crippen MR) is 343 cm³/mol. The largest absolute Gasteiger partial charge is 0.462 e. The van der Waals surface area contributed by atoms with Gasteiger partial charge in [0.25, 0.3) is 0 Å². The zero-order valence-electron chi connectivity index (χ0n) is 50.6. The van der Waals surface area contributed by atoms with E-state index in [1.54, 1.807) is 0 Å². The van der Waals surface area contributed by atoms with Crippen molar-refractivity contribution in [1.82, 2.24) is 0 Å². The van der Waals surface area contributed by atoms with Gasteiger partial charge in [-0.25, -0.2) is 0 Å². The van der Waals surface area contributed by atoms with Gasteiger partial charge in [-0.2, -0.15) is 0 Å². The van der Waals surface area contributed by atoms with E-state index < -0.39 is 6.10 Å². The Morgan fingerprint density at radius 1 is 0.266 bits per heavy atom. The standard InChI is InChI=1S/C73H114O6/c1-4-7-10-13-16-19-22-25-27-29-31-32-33-34-35-36-37-38-39-40-42-43-45-48-51-54-57-60-63-66-72(75)78-69-70(68-77-71(74)65-62-59-56-53-50-47-24-21-18-15-12-9-6-3)79-73(76)67-64-61-58-55-52-49-46-44-41-30-28-26-23-20-17-14-11-8-5-2/h7-8,10-12,15-17,19-21,24-28,31-32,34-35,37-38,40-42,44-45,48,70H,4-6,9,13-14,18,22-23,29-30,33,36,39,43,46-47,49-69H2,1-3H3/b10-7-,11-8-,15-12-,19-16-,20-17-,24-21-,27-25-,28-26-,32-31-,35-34-,38-37-,42-40-,44-41-,48-45-. The van der Waals surface area contributed by atoms with Crippen molar-refractivity contribution in [1.29, 1.82) is 0 Å². The van der Waals surface area contributed by atoms with Crippen molar-refractivity contribution in [3.8, 4) is 0 Å². The van der Waals surface area contributed by atoms with Crippen LogP contribution in [0.15, 0.2) is 170 Å². The van der Waals surface area contributed by atoms with Gasteiger partial charge >= 0.3 is 17.9 Å². The van der Waals surface area contributed by atoms with Gasteiger partial charge in [0.05, 0.1) is 0 Å². The van der Waals surface area contributed by atoms with E-state index >= 15 is 0 Å². The van der Waals surface area contributed by atoms with Gasteiger partial charge < -0.3 is 14.2 Å². The molecule has 0 aromatic heterocycles. The van der Waals surface area contributed by atoms with Gasteiger partial charge in [0.2, 0.25) is 0 Å². The number of carbonyl (C=O) groups is 3. The lowest BCUT2D eigenvalue weighted by Crippen LogP contribution is -2.30. The maximum Gasteiger partial charge on any atom is 0.306 e. The summed E-state index contributed by atoms with van der Waals surface area (Å²) in [5.74, 6) is -0.967. The van der Waals surface area contributed by atoms with Crippen LogP contribution in [0.4, 0.5) is 0 Å². The first-order valence-corrected chi connectivity index (χ1v) is 31.6. The molecule has 79 heavy (non-hydrogen) atoms. The van der Waals surface area contributed by atoms with Gasteiger partial charge in [-0.15, -0.1) is 0 Å². The molecule has 1 unspecified atom stereocenters. The number of hydrogen-bond donors (Lipinski definition) is 0. The van der Waals surface area contributed by atoms with E-state index in [0.29, 0.717) is 19.3 Å². The van der Waals surface area contributed by atoms with E-state index in [9.17, 15) is 14.4 Å². The summed E-state index contributed by atoms with van der Waals surface area (Å²) < 4.78 is 16.9. The fourth-order valence-electron chi connectivity index (χ4n) is 8.02. The molecule has 0 bridgehead atoms. The molecule has 0 aromatic rings. The summed E-state index contributed by atoms with van der Waals surface area (Å²) in [4.78, 5) is 38.3. The Labute approximate surface area is 485 Å². The Morgan fingerprint density at radius 2 is 0.494 bits per heavy atom. The molecule has 0 aromatic carbocycles. The van der Waals surface area contributed by atoms with Crippen LogP contribution in [0.25, 0.3) is 0 Å². The molecule has 0 rings (SSSR count). The summed E-state index contributed by atoms with van der Waals surface area (Å²) >= 11 is 0. The van der Waals surface area contributed by atoms with Gasteiger partial charge in [0, 0.05) is 19.3 Å². The summed E-state index contributed by atoms with van der Waals surface area (Å²) in [5, 5.41) is 0. The van der Waals surface area contributed by atoms with Crippen LogP contribution in [0.5, 0.6) is 0 Å². The average molecular weight is 1090 g/mol. The Kier molecular flexibility index (Phi) is 61.0. The molecule has 1 atom stereocenters. The number of esters is 3. The van der Waals surface area contributed by atoms with E-state index in [1.807, 2.05) is 0 Å². The Balaban J connectivity index is 4.44. The monoisotopic (exact) mass is 1090 g/mol. The molecular weight excluding hydrogens is 973 g/mol. The van der Waals surface area contributed by atoms with Crippen molar-refractivity contribution < 1.29 is 28.6 Å². The molecule has 0 saturated carbocycles. The smallest absolute Gasteiger partial charge is 0.306 e. The minimum absolute atomic E-state index is 0.107. The number of rotatable bonds is 55. The van der Waals surface area contributed by atoms with Gasteiger partial charge in [0.1, 0.15) is 13.2 Å². The molecular formula is C73H114O6. The Bertz CT molecular complexity index is 1820. The van der Waals surface area contributed by atoms with Crippen molar-refractivity contribution in [3.05, 3.63) is 170 Å². The molecule has 0 aliphatic carbocycles. The maximum absolute atomic E-state index is 12.9. The van der Waals surface area contributed by atoms with Crippen LogP contribution in [-0.2, 0) is 28.6 Å². The van der Waals surface area contributed by atoms with Crippen LogP contribution in [0, 0.1) is 0 Å². The number of carbonyl (C=O) groups excluding carboxylic acids is 3. The van der Waals surface area contributed by atoms with Crippen molar-refractivity contribution in [2.24, 2.45) is 0 Å². The molecule has 0 saturated heterocycles. The van der Waals surface area contributed by atoms with Crippen LogP contribution in [-0.4, -0.2) is 37.2 Å². The fourth-order valence-corrected chi connectivity index (χ4v) is 8.02. The number of allylic oxidation sites excluding steroid dienone is 28. The van der Waals surface area contributed by atoms with Crippen molar-refractivity contribution in [2.45, 2.75) is 258 Å². The maximum atomic E-state index is 12.9. The van der Waals surface area contributed by atoms with E-state index in [1.165, 1.54) is 19.3 Å². The fraction of sp³-hybridized carbons (Fsp3) is 0.575. The molecule has 0 aliphatic rings. The summed E-state index contributed by atoms with van der Waals surface area (Å²) in [6.45, 7) is 6.29. The van der Waals surface area contributed by atoms with E-state index in [-0.39, 0.29) is 31.1 Å². The molecule has 0 aliphatic heterocycles. The first-order chi connectivity index (χ1) is 39.0. The quantitative estimate of drug-likeness (QED) is 0.0261. The zero-order valence-corrected chi connectivity index (χ0v) is 50.6. The highest BCUT2D eigenvalue weighted by molar-refractivity contribution is 5.71. The molecule has 6 heteroatoms. The van der Waals surface area contributed by atoms with Crippen molar-refractivity contribution in [2.75, 3.05) is 13.2 Å². The lowest BCUT2D eigenvalue weighted by molar-refractivity contribution is -0.167. The Hall–Kier alpha value is -5.23. The molecule has 442 valence electrons. The van der Waals surface area contributed by atoms with Gasteiger partial charge in [-0.05, 0) is 148 Å². The van der Waals surface area contributed by atoms with Crippen molar-refractivity contribution in [3.63, 3.8) is 0 Å². The first-order valence-electron chi connectivity index (χ1n) is 31.6. The average Bonchev–Trinajstić information content (AvgIpc) is 3.45. The third-order valence-electron chi connectivity index (χ3n) is 12.7. The molecule has 0 fully saturated rings. The van der Waals surface area contributed by atoms with E-state index in [2.05, 4.69) is 191 Å². The number of unbranched alkanes of at least 4 members (excludes halogenated alkanes) is 16. The van der Waals surface area contributed by atoms with Crippen molar-refractivity contribution >= 4 is 17.9 Å². The molecule has 0 N–H and O–H groups in total. The minimum Gasteiger partial charge on any atom is -0.462 e. The zero-order chi connectivity index (χ0) is 57.1. The summed E-state index contributed by atoms with van der Waals surface area (Å²) in [5.41, 5.74) is 0. The first kappa shape index (κ1) is 73.8. The second-order valence-electron chi connectivity index (χ2n) is 20.2. The third kappa shape index (κ3) is 63.5. The Morgan fingerprint density at radius 3 is 0.772 bits per heavy atom. The molecule has 0 heterocycles. The van der Waals surface area contributed by atoms with Crippen LogP contribution in [0.1, 0.15) is 252 Å². The molecule has 6 nitrogen and oxygen atoms in total. The predicted octanol–water partition coefficient (Wildman–Crippen LogP) is 21.9. The lowest BCUT2D eigenvalue weighted by Gasteiger charge is -2.18. The molecule has 0 amide bonds. The highest BCUT2D eigenvalue weighted by atomic mass is 16.6. The van der Waals surface area contributed by atoms with Gasteiger partial charge in [-0.3, -0.25) is 14.4 Å². The normalized spacial score (nSPS) is 13.3. The highest BCUT2D eigenvalue weighted by Gasteiger charge is 2.19. The second-order valence-corrected chi connectivity index (χ2v) is 20.2. The SMILES string of the molecule is CC/C=C\C/C=C\C/C=C\C/C=C\C/C=C\C/C=C\C/C=C\C/C=C\CCCCCCC(=O)OCC(COC(=O)CCCCCCC/C=C\C/C=C\CCC)OC(=O)CCCCCCCC/C=C\C/C=C\C/C=C\C/C=C\CC. The van der Waals surface area contributed by atoms with Gasteiger partial charge in [0.15, 0.2) is 6.10 Å². The molecule has 0 radical (unpaired) electrons. The highest BCUT2D eigenvalue weighted by Crippen LogP contribution is 2.13. The van der Waals surface area contributed by atoms with Crippen LogP contribution in [0.3, 0.4) is 0 Å². The van der Waals surface area contributed by atoms with E-state index in [4.69, 9.17) is 14.2 Å². The minimum atomic E-state index is -0.813. The lowest BCUT2D eigenvalue weighted by atomic mass is 10.1. The second kappa shape index (κ2) is 65.3. The molecule has 0 spiro atoms.